The molecule has 0 saturated heterocycles. The van der Waals surface area contributed by atoms with Gasteiger partial charge < -0.3 is 4.74 Å². The lowest BCUT2D eigenvalue weighted by molar-refractivity contribution is -0.769. The smallest absolute Gasteiger partial charge is 0.213 e. The second kappa shape index (κ2) is 9.79. The number of hydrogen-bond donors (Lipinski definition) is 0. The van der Waals surface area contributed by atoms with Crippen LogP contribution in [-0.4, -0.2) is 17.4 Å². The predicted octanol–water partition coefficient (Wildman–Crippen LogP) is 7.52. The summed E-state index contributed by atoms with van der Waals surface area (Å²) in [6, 6.07) is 14.1. The molecule has 0 radical (unpaired) electrons. The number of rotatable bonds is 10. The molecule has 2 heterocycles. The van der Waals surface area contributed by atoms with Crippen molar-refractivity contribution in [2.24, 2.45) is 0 Å². The minimum atomic E-state index is -0.0262. The van der Waals surface area contributed by atoms with Gasteiger partial charge >= 0.3 is 0 Å². The van der Waals surface area contributed by atoms with E-state index in [1.807, 2.05) is 0 Å². The van der Waals surface area contributed by atoms with Crippen molar-refractivity contribution in [3.8, 4) is 11.3 Å². The van der Waals surface area contributed by atoms with Gasteiger partial charge in [-0.15, -0.1) is 0 Å². The van der Waals surface area contributed by atoms with Crippen LogP contribution in [0.5, 0.6) is 0 Å². The fourth-order valence-corrected chi connectivity index (χ4v) is 7.29. The quantitative estimate of drug-likeness (QED) is 0.260. The highest BCUT2D eigenvalue weighted by Crippen LogP contribution is 2.51. The summed E-state index contributed by atoms with van der Waals surface area (Å²) in [6.07, 6.45) is 7.87. The molecule has 0 amide bonds. The molecule has 2 aromatic rings. The zero-order chi connectivity index (χ0) is 24.5. The lowest BCUT2D eigenvalue weighted by atomic mass is 9.59. The summed E-state index contributed by atoms with van der Waals surface area (Å²) in [5.74, 6) is 0. The number of ether oxygens (including phenoxy) is 1. The van der Waals surface area contributed by atoms with Crippen molar-refractivity contribution in [1.29, 1.82) is 0 Å². The molecule has 2 nitrogen and oxygen atoms in total. The molecular weight excluding hydrogens is 421 g/mol. The molecule has 33 heavy (non-hydrogen) atoms. The van der Waals surface area contributed by atoms with Crippen LogP contribution in [0, 0.1) is 0 Å². The normalized spacial score (nSPS) is 20.2. The molecule has 1 aliphatic heterocycles. The average molecular weight is 469 g/mol. The summed E-state index contributed by atoms with van der Waals surface area (Å²) < 4.78 is 8.79. The number of benzene rings is 1. The van der Waals surface area contributed by atoms with Crippen LogP contribution in [0.1, 0.15) is 100.0 Å². The van der Waals surface area contributed by atoms with E-state index in [2.05, 4.69) is 109 Å². The minimum Gasteiger partial charge on any atom is -0.376 e. The molecule has 0 bridgehead atoms. The summed E-state index contributed by atoms with van der Waals surface area (Å²) in [5, 5.41) is 1.69. The largest absolute Gasteiger partial charge is 0.376 e. The van der Waals surface area contributed by atoms with Gasteiger partial charge in [0.1, 0.15) is 0 Å². The Morgan fingerprint density at radius 3 is 2.24 bits per heavy atom. The summed E-state index contributed by atoms with van der Waals surface area (Å²) in [5.41, 5.74) is 4.53. The van der Waals surface area contributed by atoms with Crippen LogP contribution in [0.15, 0.2) is 42.6 Å². The number of nitrogens with zero attached hydrogens (tertiary/aromatic N) is 1. The van der Waals surface area contributed by atoms with Crippen molar-refractivity contribution in [3.05, 3.63) is 48.2 Å². The maximum absolute atomic E-state index is 6.18. The fourth-order valence-electron chi connectivity index (χ4n) is 5.90. The molecule has 3 heteroatoms. The van der Waals surface area contributed by atoms with E-state index in [0.29, 0.717) is 0 Å². The Kier molecular flexibility index (Phi) is 7.82. The zero-order valence-electron chi connectivity index (χ0n) is 22.6. The Morgan fingerprint density at radius 1 is 0.939 bits per heavy atom. The summed E-state index contributed by atoms with van der Waals surface area (Å²) >= 11 is 0. The maximum atomic E-state index is 6.18. The Hall–Kier alpha value is -1.24. The second-order valence-electron chi connectivity index (χ2n) is 11.4. The third-order valence-electron chi connectivity index (χ3n) is 8.67. The molecule has 3 rings (SSSR count). The van der Waals surface area contributed by atoms with Crippen molar-refractivity contribution >= 4 is 13.9 Å². The van der Waals surface area contributed by atoms with Crippen LogP contribution >= 0.6 is 8.58 Å². The first kappa shape index (κ1) is 26.4. The SMILES string of the molecule is CCC(C)(C)OCCC(C)(C)Pc1ccc2c(c1)-c1cccc[n+]1C(CC)(CC)C2(C)CC. The van der Waals surface area contributed by atoms with Crippen molar-refractivity contribution in [1.82, 2.24) is 0 Å². The monoisotopic (exact) mass is 468 g/mol. The van der Waals surface area contributed by atoms with E-state index in [4.69, 9.17) is 4.74 Å². The van der Waals surface area contributed by atoms with E-state index < -0.39 is 0 Å². The molecule has 0 saturated carbocycles. The van der Waals surface area contributed by atoms with Gasteiger partial charge in [-0.3, -0.25) is 0 Å². The summed E-state index contributed by atoms with van der Waals surface area (Å²) in [7, 11) is 0.764. The van der Waals surface area contributed by atoms with Gasteiger partial charge in [0.2, 0.25) is 5.69 Å². The number of fused-ring (bicyclic) bond motifs is 3. The lowest BCUT2D eigenvalue weighted by Crippen LogP contribution is -2.68. The predicted molar refractivity (Wildman–Crippen MR) is 145 cm³/mol. The number of aromatic nitrogens is 1. The average Bonchev–Trinajstić information content (AvgIpc) is 2.79. The topological polar surface area (TPSA) is 13.1 Å². The molecule has 0 spiro atoms. The highest BCUT2D eigenvalue weighted by molar-refractivity contribution is 7.48. The van der Waals surface area contributed by atoms with Gasteiger partial charge in [-0.25, -0.2) is 0 Å². The molecule has 2 atom stereocenters. The van der Waals surface area contributed by atoms with Crippen LogP contribution in [0.4, 0.5) is 0 Å². The molecule has 0 N–H and O–H groups in total. The third-order valence-corrected chi connectivity index (χ3v) is 10.2. The van der Waals surface area contributed by atoms with Gasteiger partial charge in [-0.05, 0) is 68.2 Å². The number of hydrogen-bond acceptors (Lipinski definition) is 1. The fraction of sp³-hybridized carbons (Fsp3) is 0.633. The first-order chi connectivity index (χ1) is 15.5. The van der Waals surface area contributed by atoms with Gasteiger partial charge in [-0.2, -0.15) is 4.57 Å². The van der Waals surface area contributed by atoms with Crippen LogP contribution in [-0.2, 0) is 15.7 Å². The highest BCUT2D eigenvalue weighted by atomic mass is 31.1. The van der Waals surface area contributed by atoms with Crippen LogP contribution in [0.25, 0.3) is 11.3 Å². The molecule has 1 aliphatic rings. The second-order valence-corrected chi connectivity index (χ2v) is 13.5. The van der Waals surface area contributed by atoms with Gasteiger partial charge in [0.15, 0.2) is 11.7 Å². The van der Waals surface area contributed by atoms with Crippen molar-refractivity contribution in [2.75, 3.05) is 6.61 Å². The highest BCUT2D eigenvalue weighted by Gasteiger charge is 2.58. The van der Waals surface area contributed by atoms with Crippen LogP contribution in [0.3, 0.4) is 0 Å². The molecule has 2 unspecified atom stereocenters. The molecule has 1 aromatic heterocycles. The van der Waals surface area contributed by atoms with Gasteiger partial charge in [-0.1, -0.05) is 62.3 Å². The Bertz CT molecular complexity index is 960. The van der Waals surface area contributed by atoms with Crippen molar-refractivity contribution in [2.45, 2.75) is 116 Å². The molecule has 0 aliphatic carbocycles. The first-order valence-corrected chi connectivity index (χ1v) is 14.1. The van der Waals surface area contributed by atoms with Crippen molar-refractivity contribution in [3.63, 3.8) is 0 Å². The molecular formula is C30H47NOP+. The molecule has 1 aromatic carbocycles. The van der Waals surface area contributed by atoms with Crippen molar-refractivity contribution < 1.29 is 9.30 Å². The van der Waals surface area contributed by atoms with Gasteiger partial charge in [0.25, 0.3) is 0 Å². The summed E-state index contributed by atoms with van der Waals surface area (Å²) in [4.78, 5) is 0. The van der Waals surface area contributed by atoms with E-state index in [1.165, 1.54) is 22.1 Å². The van der Waals surface area contributed by atoms with Crippen LogP contribution < -0.4 is 9.87 Å². The van der Waals surface area contributed by atoms with Gasteiger partial charge in [0, 0.05) is 31.6 Å². The first-order valence-electron chi connectivity index (χ1n) is 13.1. The van der Waals surface area contributed by atoms with E-state index in [-0.39, 0.29) is 21.7 Å². The summed E-state index contributed by atoms with van der Waals surface area (Å²) in [6.45, 7) is 21.8. The van der Waals surface area contributed by atoms with E-state index in [0.717, 1.165) is 47.3 Å². The maximum Gasteiger partial charge on any atom is 0.213 e. The molecule has 0 fully saturated rings. The van der Waals surface area contributed by atoms with E-state index >= 15 is 0 Å². The molecule has 182 valence electrons. The minimum absolute atomic E-state index is 0.0262. The number of pyridine rings is 1. The van der Waals surface area contributed by atoms with E-state index in [9.17, 15) is 0 Å². The van der Waals surface area contributed by atoms with Gasteiger partial charge in [0.05, 0.1) is 16.6 Å². The Morgan fingerprint density at radius 2 is 1.64 bits per heavy atom. The van der Waals surface area contributed by atoms with Crippen LogP contribution in [0.2, 0.25) is 0 Å². The van der Waals surface area contributed by atoms with E-state index in [1.54, 1.807) is 0 Å². The Labute approximate surface area is 205 Å². The Balaban J connectivity index is 1.97. The lowest BCUT2D eigenvalue weighted by Gasteiger charge is -2.47. The third kappa shape index (κ3) is 4.81. The standard InChI is InChI=1S/C30H47NOP/c1-10-27(5,6)32-21-19-28(7,8)33-23-17-18-25-24(22-23)26-16-14-15-20-31(26)30(12-3,13-4)29(25,9)11-2/h14-18,20,22,33H,10-13,19,21H2,1-9H3/q+1. The zero-order valence-corrected chi connectivity index (χ0v) is 23.6.